The minimum absolute atomic E-state index is 0.163. The molecule has 1 aliphatic heterocycles. The first kappa shape index (κ1) is 15.5. The van der Waals surface area contributed by atoms with Gasteiger partial charge < -0.3 is 19.5 Å². The molecule has 1 aromatic heterocycles. The summed E-state index contributed by atoms with van der Waals surface area (Å²) < 4.78 is 10.3. The highest BCUT2D eigenvalue weighted by Gasteiger charge is 2.22. The van der Waals surface area contributed by atoms with Crippen molar-refractivity contribution in [3.63, 3.8) is 0 Å². The molecule has 2 aromatic rings. The molecule has 1 atom stereocenters. The van der Waals surface area contributed by atoms with Crippen molar-refractivity contribution in [2.24, 2.45) is 0 Å². The van der Waals surface area contributed by atoms with Crippen LogP contribution in [-0.2, 0) is 11.3 Å². The van der Waals surface area contributed by atoms with E-state index < -0.39 is 0 Å². The fourth-order valence-corrected chi connectivity index (χ4v) is 2.65. The lowest BCUT2D eigenvalue weighted by Gasteiger charge is -2.18. The van der Waals surface area contributed by atoms with E-state index in [-0.39, 0.29) is 18.6 Å². The van der Waals surface area contributed by atoms with E-state index >= 15 is 0 Å². The Bertz CT molecular complexity index is 668. The summed E-state index contributed by atoms with van der Waals surface area (Å²) >= 11 is 0. The van der Waals surface area contributed by atoms with Crippen molar-refractivity contribution in [3.8, 4) is 0 Å². The molecule has 2 heterocycles. The summed E-state index contributed by atoms with van der Waals surface area (Å²) in [6.45, 7) is 3.82. The molecule has 1 saturated heterocycles. The van der Waals surface area contributed by atoms with Crippen LogP contribution in [0.1, 0.15) is 28.5 Å². The number of hydrogen-bond donors (Lipinski definition) is 1. The van der Waals surface area contributed by atoms with Crippen LogP contribution in [0.2, 0.25) is 0 Å². The Hall–Kier alpha value is -2.41. The summed E-state index contributed by atoms with van der Waals surface area (Å²) in [5, 5.41) is 6.45. The van der Waals surface area contributed by atoms with Crippen molar-refractivity contribution in [1.82, 2.24) is 15.5 Å². The molecular weight excluding hydrogens is 296 g/mol. The number of carbonyl (C=O) groups is 1. The van der Waals surface area contributed by atoms with Crippen LogP contribution in [0.3, 0.4) is 0 Å². The SMILES string of the molecule is COC1CCN(c2ccc(C(=O)NCc3nc(C)no3)cc2)C1. The second-order valence-electron chi connectivity index (χ2n) is 5.56. The average Bonchev–Trinajstić information content (AvgIpc) is 3.21. The largest absolute Gasteiger partial charge is 0.380 e. The highest BCUT2D eigenvalue weighted by Crippen LogP contribution is 2.22. The van der Waals surface area contributed by atoms with Gasteiger partial charge in [-0.3, -0.25) is 4.79 Å². The zero-order valence-electron chi connectivity index (χ0n) is 13.3. The van der Waals surface area contributed by atoms with E-state index in [1.54, 1.807) is 14.0 Å². The summed E-state index contributed by atoms with van der Waals surface area (Å²) in [5.74, 6) is 0.789. The van der Waals surface area contributed by atoms with Gasteiger partial charge in [0.05, 0.1) is 12.6 Å². The number of hydrogen-bond acceptors (Lipinski definition) is 6. The van der Waals surface area contributed by atoms with Crippen LogP contribution in [-0.4, -0.2) is 42.4 Å². The molecule has 0 aliphatic carbocycles. The van der Waals surface area contributed by atoms with Gasteiger partial charge >= 0.3 is 0 Å². The number of carbonyl (C=O) groups excluding carboxylic acids is 1. The molecule has 7 nitrogen and oxygen atoms in total. The number of nitrogens with zero attached hydrogens (tertiary/aromatic N) is 3. The Morgan fingerprint density at radius 3 is 2.83 bits per heavy atom. The predicted octanol–water partition coefficient (Wildman–Crippen LogP) is 1.53. The molecule has 1 aromatic carbocycles. The monoisotopic (exact) mass is 316 g/mol. The van der Waals surface area contributed by atoms with Gasteiger partial charge in [0.2, 0.25) is 5.89 Å². The third-order valence-electron chi connectivity index (χ3n) is 3.94. The normalized spacial score (nSPS) is 17.5. The molecule has 1 fully saturated rings. The van der Waals surface area contributed by atoms with Crippen LogP contribution in [0.5, 0.6) is 0 Å². The molecule has 0 spiro atoms. The van der Waals surface area contributed by atoms with E-state index in [4.69, 9.17) is 9.26 Å². The molecule has 1 N–H and O–H groups in total. The quantitative estimate of drug-likeness (QED) is 0.901. The van der Waals surface area contributed by atoms with Crippen molar-refractivity contribution in [3.05, 3.63) is 41.5 Å². The van der Waals surface area contributed by atoms with E-state index in [0.29, 0.717) is 17.3 Å². The maximum atomic E-state index is 12.1. The number of amides is 1. The minimum atomic E-state index is -0.163. The molecule has 122 valence electrons. The van der Waals surface area contributed by atoms with Crippen LogP contribution in [0, 0.1) is 6.92 Å². The summed E-state index contributed by atoms with van der Waals surface area (Å²) in [5.41, 5.74) is 1.71. The maximum absolute atomic E-state index is 12.1. The highest BCUT2D eigenvalue weighted by atomic mass is 16.5. The zero-order chi connectivity index (χ0) is 16.2. The predicted molar refractivity (Wildman–Crippen MR) is 84.3 cm³/mol. The van der Waals surface area contributed by atoms with Crippen molar-refractivity contribution in [2.45, 2.75) is 26.0 Å². The second kappa shape index (κ2) is 6.78. The van der Waals surface area contributed by atoms with Crippen molar-refractivity contribution in [2.75, 3.05) is 25.1 Å². The van der Waals surface area contributed by atoms with Gasteiger partial charge in [-0.2, -0.15) is 4.98 Å². The van der Waals surface area contributed by atoms with Crippen molar-refractivity contribution < 1.29 is 14.1 Å². The number of rotatable bonds is 5. The van der Waals surface area contributed by atoms with Gasteiger partial charge in [-0.25, -0.2) is 0 Å². The topological polar surface area (TPSA) is 80.5 Å². The van der Waals surface area contributed by atoms with Crippen LogP contribution in [0.25, 0.3) is 0 Å². The van der Waals surface area contributed by atoms with E-state index in [9.17, 15) is 4.79 Å². The Morgan fingerprint density at radius 2 is 2.22 bits per heavy atom. The summed E-state index contributed by atoms with van der Waals surface area (Å²) in [7, 11) is 1.74. The number of ether oxygens (including phenoxy) is 1. The summed E-state index contributed by atoms with van der Waals surface area (Å²) in [6, 6.07) is 7.57. The van der Waals surface area contributed by atoms with Crippen molar-refractivity contribution >= 4 is 11.6 Å². The van der Waals surface area contributed by atoms with Crippen molar-refractivity contribution in [1.29, 1.82) is 0 Å². The smallest absolute Gasteiger partial charge is 0.251 e. The van der Waals surface area contributed by atoms with Gasteiger partial charge in [0.25, 0.3) is 5.91 Å². The molecule has 1 aliphatic rings. The first-order valence-corrected chi connectivity index (χ1v) is 7.61. The second-order valence-corrected chi connectivity index (χ2v) is 5.56. The van der Waals surface area contributed by atoms with Gasteiger partial charge in [0, 0.05) is 31.5 Å². The van der Waals surface area contributed by atoms with E-state index in [2.05, 4.69) is 20.4 Å². The average molecular weight is 316 g/mol. The number of benzene rings is 1. The van der Waals surface area contributed by atoms with E-state index in [1.807, 2.05) is 24.3 Å². The van der Waals surface area contributed by atoms with Crippen LogP contribution in [0.4, 0.5) is 5.69 Å². The lowest BCUT2D eigenvalue weighted by atomic mass is 10.2. The van der Waals surface area contributed by atoms with E-state index in [0.717, 1.165) is 25.2 Å². The minimum Gasteiger partial charge on any atom is -0.380 e. The Labute approximate surface area is 134 Å². The number of nitrogens with one attached hydrogen (secondary N) is 1. The van der Waals surface area contributed by atoms with Crippen LogP contribution in [0.15, 0.2) is 28.8 Å². The molecule has 3 rings (SSSR count). The zero-order valence-corrected chi connectivity index (χ0v) is 13.3. The number of aromatic nitrogens is 2. The first-order valence-electron chi connectivity index (χ1n) is 7.61. The molecular formula is C16H20N4O3. The number of aryl methyl sites for hydroxylation is 1. The molecule has 1 amide bonds. The first-order chi connectivity index (χ1) is 11.2. The third-order valence-corrected chi connectivity index (χ3v) is 3.94. The molecule has 0 saturated carbocycles. The Balaban J connectivity index is 1.57. The van der Waals surface area contributed by atoms with Gasteiger partial charge in [-0.05, 0) is 37.6 Å². The maximum Gasteiger partial charge on any atom is 0.251 e. The van der Waals surface area contributed by atoms with Crippen LogP contribution >= 0.6 is 0 Å². The third kappa shape index (κ3) is 3.68. The Kier molecular flexibility index (Phi) is 4.57. The lowest BCUT2D eigenvalue weighted by molar-refractivity contribution is 0.0946. The number of anilines is 1. The molecule has 0 radical (unpaired) electrons. The lowest BCUT2D eigenvalue weighted by Crippen LogP contribution is -2.24. The van der Waals surface area contributed by atoms with Gasteiger partial charge in [0.15, 0.2) is 5.82 Å². The fraction of sp³-hybridized carbons (Fsp3) is 0.438. The Morgan fingerprint density at radius 1 is 1.43 bits per heavy atom. The summed E-state index contributed by atoms with van der Waals surface area (Å²) in [6.07, 6.45) is 1.32. The molecule has 0 bridgehead atoms. The van der Waals surface area contributed by atoms with E-state index in [1.165, 1.54) is 0 Å². The number of methoxy groups -OCH3 is 1. The fourth-order valence-electron chi connectivity index (χ4n) is 2.65. The summed E-state index contributed by atoms with van der Waals surface area (Å²) in [4.78, 5) is 18.4. The van der Waals surface area contributed by atoms with Crippen LogP contribution < -0.4 is 10.2 Å². The standard InChI is InChI=1S/C16H20N4O3/c1-11-18-15(23-19-11)9-17-16(21)12-3-5-13(6-4-12)20-8-7-14(10-20)22-2/h3-6,14H,7-10H2,1-2H3,(H,17,21). The van der Waals surface area contributed by atoms with Gasteiger partial charge in [-0.15, -0.1) is 0 Å². The van der Waals surface area contributed by atoms with Gasteiger partial charge in [0.1, 0.15) is 0 Å². The molecule has 23 heavy (non-hydrogen) atoms. The van der Waals surface area contributed by atoms with Gasteiger partial charge in [-0.1, -0.05) is 5.16 Å². The molecule has 7 heteroatoms. The molecule has 1 unspecified atom stereocenters. The highest BCUT2D eigenvalue weighted by molar-refractivity contribution is 5.94.